The first-order valence-electron chi connectivity index (χ1n) is 5.85. The van der Waals surface area contributed by atoms with Crippen LogP contribution in [0, 0.1) is 0 Å². The second-order valence-corrected chi connectivity index (χ2v) is 7.11. The lowest BCUT2D eigenvalue weighted by Crippen LogP contribution is -2.30. The number of hydrogen-bond donors (Lipinski definition) is 1. The van der Waals surface area contributed by atoms with Crippen molar-refractivity contribution < 1.29 is 0 Å². The summed E-state index contributed by atoms with van der Waals surface area (Å²) >= 11 is 7.21. The maximum Gasteiger partial charge on any atom is 0.111 e. The molecule has 0 bridgehead atoms. The average molecular weight is 341 g/mol. The third-order valence-electron chi connectivity index (χ3n) is 2.88. The van der Waals surface area contributed by atoms with E-state index in [1.54, 1.807) is 11.3 Å². The standard InChI is InChI=1S/C13H13BrN2S2/c14-10-3-1-9(2-4-10)11-8-18-13(16-11)12-7-17-6-5-15-12/h1-4,8,12,15H,5-7H2. The number of halogens is 1. The van der Waals surface area contributed by atoms with Crippen molar-refractivity contribution >= 4 is 39.0 Å². The first kappa shape index (κ1) is 12.7. The summed E-state index contributed by atoms with van der Waals surface area (Å²) < 4.78 is 1.10. The van der Waals surface area contributed by atoms with Gasteiger partial charge in [0.2, 0.25) is 0 Å². The third-order valence-corrected chi connectivity index (χ3v) is 5.43. The summed E-state index contributed by atoms with van der Waals surface area (Å²) in [5, 5.41) is 6.89. The molecule has 1 aromatic heterocycles. The number of aromatic nitrogens is 1. The fourth-order valence-electron chi connectivity index (χ4n) is 1.92. The maximum atomic E-state index is 4.76. The lowest BCUT2D eigenvalue weighted by Gasteiger charge is -2.20. The lowest BCUT2D eigenvalue weighted by molar-refractivity contribution is 0.592. The lowest BCUT2D eigenvalue weighted by atomic mass is 10.2. The van der Waals surface area contributed by atoms with Crippen LogP contribution in [0.5, 0.6) is 0 Å². The molecule has 1 aromatic carbocycles. The van der Waals surface area contributed by atoms with Gasteiger partial charge in [0.05, 0.1) is 11.7 Å². The van der Waals surface area contributed by atoms with E-state index < -0.39 is 0 Å². The molecule has 0 saturated carbocycles. The minimum Gasteiger partial charge on any atom is -0.306 e. The van der Waals surface area contributed by atoms with E-state index in [0.29, 0.717) is 6.04 Å². The number of nitrogens with zero attached hydrogens (tertiary/aromatic N) is 1. The molecule has 5 heteroatoms. The van der Waals surface area contributed by atoms with Crippen LogP contribution in [-0.2, 0) is 0 Å². The fraction of sp³-hybridized carbons (Fsp3) is 0.308. The van der Waals surface area contributed by atoms with Crippen LogP contribution in [0.15, 0.2) is 34.1 Å². The highest BCUT2D eigenvalue weighted by Gasteiger charge is 2.18. The van der Waals surface area contributed by atoms with Crippen molar-refractivity contribution in [2.75, 3.05) is 18.1 Å². The van der Waals surface area contributed by atoms with E-state index in [0.717, 1.165) is 22.5 Å². The number of nitrogens with one attached hydrogen (secondary N) is 1. The Kier molecular flexibility index (Phi) is 4.03. The summed E-state index contributed by atoms with van der Waals surface area (Å²) in [6, 6.07) is 8.75. The predicted octanol–water partition coefficient (Wildman–Crippen LogP) is 3.95. The zero-order valence-electron chi connectivity index (χ0n) is 9.73. The molecule has 1 N–H and O–H groups in total. The quantitative estimate of drug-likeness (QED) is 0.895. The summed E-state index contributed by atoms with van der Waals surface area (Å²) in [4.78, 5) is 4.76. The molecule has 2 aromatic rings. The van der Waals surface area contributed by atoms with Gasteiger partial charge >= 0.3 is 0 Å². The van der Waals surface area contributed by atoms with E-state index in [1.807, 2.05) is 11.8 Å². The number of benzene rings is 1. The fourth-order valence-corrected chi connectivity index (χ4v) is 4.14. The van der Waals surface area contributed by atoms with Gasteiger partial charge in [0.1, 0.15) is 5.01 Å². The second kappa shape index (κ2) is 5.74. The van der Waals surface area contributed by atoms with Crippen LogP contribution < -0.4 is 5.32 Å². The summed E-state index contributed by atoms with van der Waals surface area (Å²) in [7, 11) is 0. The maximum absolute atomic E-state index is 4.76. The molecule has 1 unspecified atom stereocenters. The van der Waals surface area contributed by atoms with Crippen LogP contribution >= 0.6 is 39.0 Å². The summed E-state index contributed by atoms with van der Waals surface area (Å²) in [5.41, 5.74) is 2.27. The van der Waals surface area contributed by atoms with Crippen LogP contribution in [0.25, 0.3) is 11.3 Å². The number of rotatable bonds is 2. The first-order chi connectivity index (χ1) is 8.83. The third kappa shape index (κ3) is 2.79. The number of thiazole rings is 1. The molecule has 18 heavy (non-hydrogen) atoms. The highest BCUT2D eigenvalue weighted by Crippen LogP contribution is 2.29. The van der Waals surface area contributed by atoms with E-state index in [9.17, 15) is 0 Å². The monoisotopic (exact) mass is 340 g/mol. The van der Waals surface area contributed by atoms with Gasteiger partial charge in [0.25, 0.3) is 0 Å². The van der Waals surface area contributed by atoms with Crippen molar-refractivity contribution in [2.24, 2.45) is 0 Å². The summed E-state index contributed by atoms with van der Waals surface area (Å²) in [6.07, 6.45) is 0. The molecule has 0 radical (unpaired) electrons. The zero-order chi connectivity index (χ0) is 12.4. The molecule has 2 nitrogen and oxygen atoms in total. The molecular formula is C13H13BrN2S2. The van der Waals surface area contributed by atoms with Crippen LogP contribution in [0.2, 0.25) is 0 Å². The SMILES string of the molecule is Brc1ccc(-c2csc(C3CSCCN3)n2)cc1. The molecule has 0 spiro atoms. The van der Waals surface area contributed by atoms with Gasteiger partial charge in [-0.2, -0.15) is 11.8 Å². The van der Waals surface area contributed by atoms with Crippen molar-refractivity contribution in [3.63, 3.8) is 0 Å². The average Bonchev–Trinajstić information content (AvgIpc) is 2.90. The zero-order valence-corrected chi connectivity index (χ0v) is 12.9. The van der Waals surface area contributed by atoms with Gasteiger partial charge in [-0.1, -0.05) is 28.1 Å². The predicted molar refractivity (Wildman–Crippen MR) is 83.3 cm³/mol. The van der Waals surface area contributed by atoms with Crippen molar-refractivity contribution in [1.82, 2.24) is 10.3 Å². The topological polar surface area (TPSA) is 24.9 Å². The molecule has 1 aliphatic rings. The van der Waals surface area contributed by atoms with Crippen LogP contribution in [-0.4, -0.2) is 23.0 Å². The largest absolute Gasteiger partial charge is 0.306 e. The Hall–Kier alpha value is -0.360. The number of hydrogen-bond acceptors (Lipinski definition) is 4. The van der Waals surface area contributed by atoms with Gasteiger partial charge < -0.3 is 5.32 Å². The van der Waals surface area contributed by atoms with E-state index in [2.05, 4.69) is 50.9 Å². The van der Waals surface area contributed by atoms with Gasteiger partial charge in [-0.25, -0.2) is 4.98 Å². The molecule has 1 fully saturated rings. The van der Waals surface area contributed by atoms with Gasteiger partial charge in [0, 0.05) is 33.5 Å². The summed E-state index contributed by atoms with van der Waals surface area (Å²) in [5.74, 6) is 2.34. The van der Waals surface area contributed by atoms with Gasteiger partial charge in [0.15, 0.2) is 0 Å². The van der Waals surface area contributed by atoms with Crippen molar-refractivity contribution in [1.29, 1.82) is 0 Å². The molecule has 1 aliphatic heterocycles. The molecule has 2 heterocycles. The van der Waals surface area contributed by atoms with E-state index in [1.165, 1.54) is 16.3 Å². The minimum atomic E-state index is 0.429. The molecule has 94 valence electrons. The molecule has 1 atom stereocenters. The Balaban J connectivity index is 1.82. The molecule has 0 aliphatic carbocycles. The Morgan fingerprint density at radius 2 is 2.11 bits per heavy atom. The molecular weight excluding hydrogens is 328 g/mol. The van der Waals surface area contributed by atoms with E-state index in [-0.39, 0.29) is 0 Å². The van der Waals surface area contributed by atoms with E-state index >= 15 is 0 Å². The molecule has 1 saturated heterocycles. The minimum absolute atomic E-state index is 0.429. The van der Waals surface area contributed by atoms with Crippen LogP contribution in [0.4, 0.5) is 0 Å². The van der Waals surface area contributed by atoms with Gasteiger partial charge in [-0.05, 0) is 12.1 Å². The first-order valence-corrected chi connectivity index (χ1v) is 8.68. The van der Waals surface area contributed by atoms with Crippen LogP contribution in [0.1, 0.15) is 11.0 Å². The van der Waals surface area contributed by atoms with E-state index in [4.69, 9.17) is 4.98 Å². The Morgan fingerprint density at radius 1 is 1.28 bits per heavy atom. The normalized spacial score (nSPS) is 19.9. The van der Waals surface area contributed by atoms with Gasteiger partial charge in [-0.15, -0.1) is 11.3 Å². The van der Waals surface area contributed by atoms with Crippen molar-refractivity contribution in [2.45, 2.75) is 6.04 Å². The highest BCUT2D eigenvalue weighted by molar-refractivity contribution is 9.10. The molecule has 3 rings (SSSR count). The van der Waals surface area contributed by atoms with Crippen molar-refractivity contribution in [3.8, 4) is 11.3 Å². The summed E-state index contributed by atoms with van der Waals surface area (Å²) in [6.45, 7) is 1.09. The van der Waals surface area contributed by atoms with Crippen LogP contribution in [0.3, 0.4) is 0 Å². The molecule has 0 amide bonds. The van der Waals surface area contributed by atoms with Gasteiger partial charge in [-0.3, -0.25) is 0 Å². The Labute approximate surface area is 123 Å². The second-order valence-electron chi connectivity index (χ2n) is 4.16. The number of thioether (sulfide) groups is 1. The Morgan fingerprint density at radius 3 is 2.83 bits per heavy atom. The Bertz CT molecular complexity index is 518. The highest BCUT2D eigenvalue weighted by atomic mass is 79.9. The smallest absolute Gasteiger partial charge is 0.111 e. The van der Waals surface area contributed by atoms with Crippen molar-refractivity contribution in [3.05, 3.63) is 39.1 Å².